The lowest BCUT2D eigenvalue weighted by Crippen LogP contribution is -2.38. The number of hydrogen-bond acceptors (Lipinski definition) is 2. The van der Waals surface area contributed by atoms with E-state index in [1.54, 1.807) is 0 Å². The van der Waals surface area contributed by atoms with E-state index in [0.29, 0.717) is 0 Å². The predicted molar refractivity (Wildman–Crippen MR) is 75.1 cm³/mol. The Kier molecular flexibility index (Phi) is 3.53. The summed E-state index contributed by atoms with van der Waals surface area (Å²) in [5.74, 6) is 0.982. The fourth-order valence-corrected chi connectivity index (χ4v) is 1.79. The molecule has 0 fully saturated rings. The van der Waals surface area contributed by atoms with Gasteiger partial charge in [-0.25, -0.2) is 4.98 Å². The summed E-state index contributed by atoms with van der Waals surface area (Å²) in [5, 5.41) is 0. The molecule has 0 radical (unpaired) electrons. The first kappa shape index (κ1) is 12.8. The Morgan fingerprint density at radius 3 is 2.50 bits per heavy atom. The summed E-state index contributed by atoms with van der Waals surface area (Å²) >= 11 is 0. The van der Waals surface area contributed by atoms with Crippen LogP contribution < -0.4 is 5.73 Å². The molecule has 1 unspecified atom stereocenters. The van der Waals surface area contributed by atoms with Crippen LogP contribution >= 0.6 is 0 Å². The molecule has 1 aromatic heterocycles. The molecule has 18 heavy (non-hydrogen) atoms. The molecular weight excluding hydrogens is 222 g/mol. The lowest BCUT2D eigenvalue weighted by atomic mass is 9.87. The van der Waals surface area contributed by atoms with E-state index in [-0.39, 0.29) is 11.5 Å². The Hall–Kier alpha value is -1.61. The summed E-state index contributed by atoms with van der Waals surface area (Å²) in [5.41, 5.74) is 7.46. The molecule has 0 aliphatic rings. The van der Waals surface area contributed by atoms with Gasteiger partial charge >= 0.3 is 0 Å². The number of rotatable bonds is 3. The van der Waals surface area contributed by atoms with Gasteiger partial charge in [-0.15, -0.1) is 0 Å². The summed E-state index contributed by atoms with van der Waals surface area (Å²) < 4.78 is 2.13. The van der Waals surface area contributed by atoms with E-state index in [4.69, 9.17) is 5.73 Å². The van der Waals surface area contributed by atoms with E-state index in [0.717, 1.165) is 17.9 Å². The molecule has 2 rings (SSSR count). The molecule has 0 saturated heterocycles. The number of benzene rings is 1. The average Bonchev–Trinajstić information content (AvgIpc) is 2.77. The largest absolute Gasteiger partial charge is 0.329 e. The number of nitrogens with two attached hydrogens (primary N) is 1. The predicted octanol–water partition coefficient (Wildman–Crippen LogP) is 2.92. The van der Waals surface area contributed by atoms with Gasteiger partial charge < -0.3 is 10.3 Å². The number of imidazole rings is 1. The second-order valence-electron chi connectivity index (χ2n) is 5.74. The number of hydrogen-bond donors (Lipinski definition) is 1. The third-order valence-corrected chi connectivity index (χ3v) is 3.25. The van der Waals surface area contributed by atoms with Gasteiger partial charge in [0.2, 0.25) is 0 Å². The van der Waals surface area contributed by atoms with Crippen molar-refractivity contribution in [3.63, 3.8) is 0 Å². The zero-order valence-corrected chi connectivity index (χ0v) is 11.3. The van der Waals surface area contributed by atoms with Crippen LogP contribution in [0.5, 0.6) is 0 Å². The topological polar surface area (TPSA) is 43.8 Å². The maximum absolute atomic E-state index is 6.24. The minimum atomic E-state index is 0.0955. The van der Waals surface area contributed by atoms with E-state index in [1.165, 1.54) is 0 Å². The van der Waals surface area contributed by atoms with Gasteiger partial charge in [-0.1, -0.05) is 51.1 Å². The Morgan fingerprint density at radius 1 is 1.22 bits per heavy atom. The quantitative estimate of drug-likeness (QED) is 0.900. The highest BCUT2D eigenvalue weighted by atomic mass is 15.1. The van der Waals surface area contributed by atoms with E-state index in [2.05, 4.69) is 42.5 Å². The van der Waals surface area contributed by atoms with Crippen LogP contribution in [-0.2, 0) is 6.54 Å². The third-order valence-electron chi connectivity index (χ3n) is 3.25. The first-order valence-corrected chi connectivity index (χ1v) is 6.30. The third kappa shape index (κ3) is 2.79. The lowest BCUT2D eigenvalue weighted by Gasteiger charge is -2.27. The molecule has 1 aromatic carbocycles. The highest BCUT2D eigenvalue weighted by Gasteiger charge is 2.21. The van der Waals surface area contributed by atoms with E-state index >= 15 is 0 Å². The Balaban J connectivity index is 2.24. The lowest BCUT2D eigenvalue weighted by molar-refractivity contribution is 0.292. The van der Waals surface area contributed by atoms with Crippen molar-refractivity contribution >= 4 is 0 Å². The first-order valence-electron chi connectivity index (χ1n) is 6.30. The van der Waals surface area contributed by atoms with Crippen LogP contribution in [0.15, 0.2) is 42.7 Å². The molecule has 2 aromatic rings. The summed E-state index contributed by atoms with van der Waals surface area (Å²) in [6.45, 7) is 7.28. The maximum Gasteiger partial charge on any atom is 0.139 e. The van der Waals surface area contributed by atoms with Crippen molar-refractivity contribution in [2.24, 2.45) is 11.1 Å². The van der Waals surface area contributed by atoms with Gasteiger partial charge in [-0.2, -0.15) is 0 Å². The summed E-state index contributed by atoms with van der Waals surface area (Å²) in [6.07, 6.45) is 3.83. The molecule has 1 heterocycles. The normalized spacial score (nSPS) is 13.6. The van der Waals surface area contributed by atoms with Crippen molar-refractivity contribution < 1.29 is 0 Å². The Labute approximate surface area is 109 Å². The van der Waals surface area contributed by atoms with Gasteiger partial charge in [0.25, 0.3) is 0 Å². The van der Waals surface area contributed by atoms with Crippen LogP contribution in [0, 0.1) is 5.41 Å². The van der Waals surface area contributed by atoms with Gasteiger partial charge in [0.1, 0.15) is 5.82 Å². The summed E-state index contributed by atoms with van der Waals surface area (Å²) in [7, 11) is 0. The molecule has 0 amide bonds. The summed E-state index contributed by atoms with van der Waals surface area (Å²) in [6, 6.07) is 10.3. The van der Waals surface area contributed by atoms with Crippen molar-refractivity contribution in [3.05, 3.63) is 42.7 Å². The van der Waals surface area contributed by atoms with Gasteiger partial charge in [-0.3, -0.25) is 0 Å². The fraction of sp³-hybridized carbons (Fsp3) is 0.400. The molecular formula is C15H21N3. The Morgan fingerprint density at radius 2 is 1.89 bits per heavy atom. The second-order valence-corrected chi connectivity index (χ2v) is 5.74. The second kappa shape index (κ2) is 4.94. The molecule has 1 atom stereocenters. The van der Waals surface area contributed by atoms with E-state index < -0.39 is 0 Å². The van der Waals surface area contributed by atoms with E-state index in [1.807, 2.05) is 30.6 Å². The van der Waals surface area contributed by atoms with Gasteiger partial charge in [0.05, 0.1) is 0 Å². The molecule has 3 nitrogen and oxygen atoms in total. The standard InChI is InChI=1S/C15H21N3/c1-15(2,3)13(16)11-18-10-9-17-14(18)12-7-5-4-6-8-12/h4-10,13H,11,16H2,1-3H3. The summed E-state index contributed by atoms with van der Waals surface area (Å²) in [4.78, 5) is 4.43. The minimum Gasteiger partial charge on any atom is -0.329 e. The van der Waals surface area contributed by atoms with E-state index in [9.17, 15) is 0 Å². The van der Waals surface area contributed by atoms with Crippen molar-refractivity contribution in [3.8, 4) is 11.4 Å². The molecule has 0 aliphatic heterocycles. The Bertz CT molecular complexity index is 494. The molecule has 0 saturated carbocycles. The van der Waals surface area contributed by atoms with Crippen LogP contribution in [0.25, 0.3) is 11.4 Å². The van der Waals surface area contributed by atoms with Crippen LogP contribution in [0.2, 0.25) is 0 Å². The van der Waals surface area contributed by atoms with Crippen LogP contribution in [-0.4, -0.2) is 15.6 Å². The van der Waals surface area contributed by atoms with Crippen molar-refractivity contribution in [1.29, 1.82) is 0 Å². The highest BCUT2D eigenvalue weighted by Crippen LogP contribution is 2.22. The molecule has 0 bridgehead atoms. The zero-order chi connectivity index (χ0) is 13.2. The monoisotopic (exact) mass is 243 g/mol. The minimum absolute atomic E-state index is 0.0955. The van der Waals surface area contributed by atoms with Crippen molar-refractivity contribution in [1.82, 2.24) is 9.55 Å². The molecule has 96 valence electrons. The fourth-order valence-electron chi connectivity index (χ4n) is 1.79. The molecule has 3 heteroatoms. The zero-order valence-electron chi connectivity index (χ0n) is 11.3. The molecule has 0 aliphatic carbocycles. The first-order chi connectivity index (χ1) is 8.48. The van der Waals surface area contributed by atoms with Crippen molar-refractivity contribution in [2.75, 3.05) is 0 Å². The number of nitrogens with zero attached hydrogens (tertiary/aromatic N) is 2. The molecule has 0 spiro atoms. The van der Waals surface area contributed by atoms with Gasteiger partial charge in [-0.05, 0) is 5.41 Å². The van der Waals surface area contributed by atoms with Gasteiger partial charge in [0.15, 0.2) is 0 Å². The van der Waals surface area contributed by atoms with Crippen LogP contribution in [0.1, 0.15) is 20.8 Å². The van der Waals surface area contributed by atoms with Gasteiger partial charge in [0, 0.05) is 30.5 Å². The molecule has 2 N–H and O–H groups in total. The maximum atomic E-state index is 6.24. The average molecular weight is 243 g/mol. The van der Waals surface area contributed by atoms with Crippen LogP contribution in [0.3, 0.4) is 0 Å². The SMILES string of the molecule is CC(C)(C)C(N)Cn1ccnc1-c1ccccc1. The smallest absolute Gasteiger partial charge is 0.139 e. The highest BCUT2D eigenvalue weighted by molar-refractivity contribution is 5.55. The number of aromatic nitrogens is 2. The van der Waals surface area contributed by atoms with Crippen molar-refractivity contribution in [2.45, 2.75) is 33.4 Å². The van der Waals surface area contributed by atoms with Crippen LogP contribution in [0.4, 0.5) is 0 Å².